The van der Waals surface area contributed by atoms with Gasteiger partial charge in [0.2, 0.25) is 0 Å². The maximum atomic E-state index is 4.81. The maximum Gasteiger partial charge on any atom is 0.0700 e. The molecular weight excluding hydrogens is 260 g/mol. The Kier molecular flexibility index (Phi) is 4.96. The van der Waals surface area contributed by atoms with Crippen LogP contribution in [-0.2, 0) is 13.6 Å². The summed E-state index contributed by atoms with van der Waals surface area (Å²) < 4.78 is 2.03. The van der Waals surface area contributed by atoms with Crippen molar-refractivity contribution in [2.75, 3.05) is 20.1 Å². The smallest absolute Gasteiger partial charge is 0.0700 e. The van der Waals surface area contributed by atoms with E-state index in [1.54, 1.807) is 0 Å². The van der Waals surface area contributed by atoms with Gasteiger partial charge in [-0.1, -0.05) is 19.3 Å². The number of aromatic nitrogens is 2. The Morgan fingerprint density at radius 3 is 2.76 bits per heavy atom. The SMILES string of the molecule is CNC1CCCN(Cc2cn(C)nc2C2CCCCC2)C1. The molecule has 1 aromatic heterocycles. The van der Waals surface area contributed by atoms with E-state index in [0.29, 0.717) is 12.0 Å². The Morgan fingerprint density at radius 2 is 2.00 bits per heavy atom. The van der Waals surface area contributed by atoms with E-state index in [1.165, 1.54) is 69.3 Å². The van der Waals surface area contributed by atoms with E-state index in [2.05, 4.69) is 30.5 Å². The summed E-state index contributed by atoms with van der Waals surface area (Å²) in [6, 6.07) is 0.661. The van der Waals surface area contributed by atoms with Crippen LogP contribution in [0.25, 0.3) is 0 Å². The maximum absolute atomic E-state index is 4.81. The van der Waals surface area contributed by atoms with Crippen molar-refractivity contribution in [3.8, 4) is 0 Å². The van der Waals surface area contributed by atoms with Gasteiger partial charge in [0.15, 0.2) is 0 Å². The van der Waals surface area contributed by atoms with Gasteiger partial charge < -0.3 is 5.32 Å². The third kappa shape index (κ3) is 3.67. The topological polar surface area (TPSA) is 33.1 Å². The monoisotopic (exact) mass is 290 g/mol. The molecule has 4 heteroatoms. The van der Waals surface area contributed by atoms with Gasteiger partial charge in [-0.25, -0.2) is 0 Å². The lowest BCUT2D eigenvalue weighted by Gasteiger charge is -2.32. The minimum absolute atomic E-state index is 0.661. The molecule has 1 unspecified atom stereocenters. The molecule has 1 aliphatic carbocycles. The molecular formula is C17H30N4. The van der Waals surface area contributed by atoms with Gasteiger partial charge >= 0.3 is 0 Å². The van der Waals surface area contributed by atoms with Gasteiger partial charge in [0, 0.05) is 43.9 Å². The zero-order chi connectivity index (χ0) is 14.7. The number of hydrogen-bond acceptors (Lipinski definition) is 3. The van der Waals surface area contributed by atoms with E-state index >= 15 is 0 Å². The van der Waals surface area contributed by atoms with Gasteiger partial charge in [-0.3, -0.25) is 9.58 Å². The van der Waals surface area contributed by atoms with Crippen molar-refractivity contribution in [1.82, 2.24) is 20.0 Å². The highest BCUT2D eigenvalue weighted by Gasteiger charge is 2.24. The molecule has 0 bridgehead atoms. The second-order valence-corrected chi connectivity index (χ2v) is 6.91. The summed E-state index contributed by atoms with van der Waals surface area (Å²) in [5.41, 5.74) is 2.87. The molecule has 3 rings (SSSR count). The van der Waals surface area contributed by atoms with E-state index in [-0.39, 0.29) is 0 Å². The van der Waals surface area contributed by atoms with E-state index in [4.69, 9.17) is 5.10 Å². The first kappa shape index (κ1) is 15.0. The Bertz CT molecular complexity index is 448. The molecule has 0 spiro atoms. The number of likely N-dealkylation sites (N-methyl/N-ethyl adjacent to an activating group) is 1. The van der Waals surface area contributed by atoms with Gasteiger partial charge in [0.1, 0.15) is 0 Å². The van der Waals surface area contributed by atoms with Crippen molar-refractivity contribution in [1.29, 1.82) is 0 Å². The summed E-state index contributed by atoms with van der Waals surface area (Å²) in [6.07, 6.45) is 11.7. The third-order valence-corrected chi connectivity index (χ3v) is 5.24. The standard InChI is InChI=1S/C17H30N4/c1-18-16-9-6-10-21(13-16)12-15-11-20(2)19-17(15)14-7-4-3-5-8-14/h11,14,16,18H,3-10,12-13H2,1-2H3. The van der Waals surface area contributed by atoms with Crippen LogP contribution < -0.4 is 5.32 Å². The van der Waals surface area contributed by atoms with Gasteiger partial charge in [0.25, 0.3) is 0 Å². The van der Waals surface area contributed by atoms with Crippen molar-refractivity contribution < 1.29 is 0 Å². The van der Waals surface area contributed by atoms with Crippen LogP contribution in [0.1, 0.15) is 62.1 Å². The number of hydrogen-bond donors (Lipinski definition) is 1. The van der Waals surface area contributed by atoms with Crippen LogP contribution in [0.3, 0.4) is 0 Å². The van der Waals surface area contributed by atoms with Crippen molar-refractivity contribution in [2.45, 2.75) is 63.5 Å². The Balaban J connectivity index is 1.69. The number of likely N-dealkylation sites (tertiary alicyclic amines) is 1. The zero-order valence-electron chi connectivity index (χ0n) is 13.6. The normalized spacial score (nSPS) is 25.3. The average molecular weight is 290 g/mol. The summed E-state index contributed by atoms with van der Waals surface area (Å²) in [4.78, 5) is 2.61. The Morgan fingerprint density at radius 1 is 1.19 bits per heavy atom. The molecule has 1 aliphatic heterocycles. The fraction of sp³-hybridized carbons (Fsp3) is 0.824. The molecule has 0 radical (unpaired) electrons. The molecule has 2 heterocycles. The van der Waals surface area contributed by atoms with Crippen LogP contribution in [0.15, 0.2) is 6.20 Å². The van der Waals surface area contributed by atoms with Crippen molar-refractivity contribution >= 4 is 0 Å². The number of aryl methyl sites for hydroxylation is 1. The molecule has 1 saturated heterocycles. The highest BCUT2D eigenvalue weighted by Crippen LogP contribution is 2.34. The van der Waals surface area contributed by atoms with Gasteiger partial charge in [-0.2, -0.15) is 5.10 Å². The van der Waals surface area contributed by atoms with Crippen LogP contribution in [0.2, 0.25) is 0 Å². The summed E-state index contributed by atoms with van der Waals surface area (Å²) in [5, 5.41) is 8.25. The Hall–Kier alpha value is -0.870. The second kappa shape index (κ2) is 6.93. The first-order chi connectivity index (χ1) is 10.3. The summed E-state index contributed by atoms with van der Waals surface area (Å²) in [6.45, 7) is 3.49. The van der Waals surface area contributed by atoms with Crippen molar-refractivity contribution in [2.24, 2.45) is 7.05 Å². The van der Waals surface area contributed by atoms with Gasteiger partial charge in [-0.15, -0.1) is 0 Å². The highest BCUT2D eigenvalue weighted by atomic mass is 15.3. The summed E-state index contributed by atoms with van der Waals surface area (Å²) in [7, 11) is 4.16. The van der Waals surface area contributed by atoms with Crippen LogP contribution in [-0.4, -0.2) is 40.9 Å². The van der Waals surface area contributed by atoms with Crippen molar-refractivity contribution in [3.05, 3.63) is 17.5 Å². The molecule has 2 fully saturated rings. The molecule has 4 nitrogen and oxygen atoms in total. The lowest BCUT2D eigenvalue weighted by molar-refractivity contribution is 0.187. The van der Waals surface area contributed by atoms with Crippen molar-refractivity contribution in [3.63, 3.8) is 0 Å². The minimum Gasteiger partial charge on any atom is -0.316 e. The fourth-order valence-electron chi connectivity index (χ4n) is 4.07. The highest BCUT2D eigenvalue weighted by molar-refractivity contribution is 5.22. The number of nitrogens with zero attached hydrogens (tertiary/aromatic N) is 3. The lowest BCUT2D eigenvalue weighted by atomic mass is 9.85. The summed E-state index contributed by atoms with van der Waals surface area (Å²) >= 11 is 0. The van der Waals surface area contributed by atoms with Crippen LogP contribution in [0.4, 0.5) is 0 Å². The van der Waals surface area contributed by atoms with Crippen LogP contribution in [0, 0.1) is 0 Å². The van der Waals surface area contributed by atoms with E-state index in [0.717, 1.165) is 6.54 Å². The molecule has 1 saturated carbocycles. The van der Waals surface area contributed by atoms with Gasteiger partial charge in [0.05, 0.1) is 5.69 Å². The Labute approximate surface area is 128 Å². The van der Waals surface area contributed by atoms with E-state index in [1.807, 2.05) is 4.68 Å². The fourth-order valence-corrected chi connectivity index (χ4v) is 4.07. The molecule has 2 aliphatic rings. The third-order valence-electron chi connectivity index (χ3n) is 5.24. The predicted octanol–water partition coefficient (Wildman–Crippen LogP) is 2.65. The zero-order valence-corrected chi connectivity index (χ0v) is 13.6. The van der Waals surface area contributed by atoms with E-state index < -0.39 is 0 Å². The number of nitrogens with one attached hydrogen (secondary N) is 1. The summed E-state index contributed by atoms with van der Waals surface area (Å²) in [5.74, 6) is 0.708. The number of piperidine rings is 1. The molecule has 0 amide bonds. The molecule has 1 aromatic rings. The first-order valence-corrected chi connectivity index (χ1v) is 8.68. The molecule has 118 valence electrons. The van der Waals surface area contributed by atoms with Crippen LogP contribution in [0.5, 0.6) is 0 Å². The first-order valence-electron chi connectivity index (χ1n) is 8.68. The lowest BCUT2D eigenvalue weighted by Crippen LogP contribution is -2.43. The molecule has 21 heavy (non-hydrogen) atoms. The van der Waals surface area contributed by atoms with E-state index in [9.17, 15) is 0 Å². The second-order valence-electron chi connectivity index (χ2n) is 6.91. The molecule has 1 atom stereocenters. The quantitative estimate of drug-likeness (QED) is 0.925. The molecule has 1 N–H and O–H groups in total. The number of rotatable bonds is 4. The van der Waals surface area contributed by atoms with Gasteiger partial charge in [-0.05, 0) is 39.3 Å². The van der Waals surface area contributed by atoms with Crippen LogP contribution >= 0.6 is 0 Å². The largest absolute Gasteiger partial charge is 0.316 e. The minimum atomic E-state index is 0.661. The average Bonchev–Trinajstić information content (AvgIpc) is 2.89. The molecule has 0 aromatic carbocycles. The predicted molar refractivity (Wildman–Crippen MR) is 86.4 cm³/mol.